The van der Waals surface area contributed by atoms with Crippen LogP contribution in [0.25, 0.3) is 11.0 Å². The molecule has 0 bridgehead atoms. The van der Waals surface area contributed by atoms with Crippen LogP contribution >= 0.6 is 0 Å². The van der Waals surface area contributed by atoms with Gasteiger partial charge in [0.2, 0.25) is 10.0 Å². The molecule has 0 saturated carbocycles. The van der Waals surface area contributed by atoms with Gasteiger partial charge in [0.25, 0.3) is 0 Å². The molecule has 1 saturated heterocycles. The first kappa shape index (κ1) is 18.5. The van der Waals surface area contributed by atoms with Crippen LogP contribution in [0.4, 0.5) is 5.69 Å². The highest BCUT2D eigenvalue weighted by Crippen LogP contribution is 2.31. The number of sulfonamides is 1. The molecule has 8 heteroatoms. The fourth-order valence-electron chi connectivity index (χ4n) is 4.27. The molecule has 1 aromatic heterocycles. The Kier molecular flexibility index (Phi) is 4.69. The highest BCUT2D eigenvalue weighted by molar-refractivity contribution is 7.89. The van der Waals surface area contributed by atoms with Gasteiger partial charge >= 0.3 is 0 Å². The van der Waals surface area contributed by atoms with Crippen molar-refractivity contribution >= 4 is 26.7 Å². The summed E-state index contributed by atoms with van der Waals surface area (Å²) in [5, 5.41) is 3.38. The average Bonchev–Trinajstić information content (AvgIpc) is 2.74. The van der Waals surface area contributed by atoms with Crippen molar-refractivity contribution in [3.63, 3.8) is 0 Å². The van der Waals surface area contributed by atoms with Crippen LogP contribution in [-0.4, -0.2) is 42.5 Å². The van der Waals surface area contributed by atoms with E-state index in [1.807, 2.05) is 18.2 Å². The molecule has 29 heavy (non-hydrogen) atoms. The zero-order valence-corrected chi connectivity index (χ0v) is 16.8. The lowest BCUT2D eigenvalue weighted by Gasteiger charge is -2.38. The third kappa shape index (κ3) is 3.71. The molecule has 2 N–H and O–H groups in total. The Balaban J connectivity index is 1.24. The summed E-state index contributed by atoms with van der Waals surface area (Å²) < 4.78 is 28.0. The number of likely N-dealkylation sites (tertiary alicyclic amines) is 1. The van der Waals surface area contributed by atoms with Crippen LogP contribution in [0.3, 0.4) is 0 Å². The molecule has 0 amide bonds. The summed E-state index contributed by atoms with van der Waals surface area (Å²) >= 11 is 0. The Morgan fingerprint density at radius 2 is 1.76 bits per heavy atom. The molecule has 3 heterocycles. The van der Waals surface area contributed by atoms with Gasteiger partial charge < -0.3 is 5.32 Å². The maximum atomic E-state index is 12.6. The van der Waals surface area contributed by atoms with E-state index in [1.165, 1.54) is 5.56 Å². The lowest BCUT2D eigenvalue weighted by atomic mass is 9.93. The van der Waals surface area contributed by atoms with Crippen LogP contribution in [0.2, 0.25) is 0 Å². The monoisotopic (exact) mass is 409 g/mol. The first-order valence-corrected chi connectivity index (χ1v) is 11.4. The van der Waals surface area contributed by atoms with E-state index in [9.17, 15) is 8.42 Å². The van der Waals surface area contributed by atoms with E-state index in [1.54, 1.807) is 24.5 Å². The molecule has 2 aliphatic heterocycles. The van der Waals surface area contributed by atoms with Gasteiger partial charge in [-0.05, 0) is 61.7 Å². The topological polar surface area (TPSA) is 87.2 Å². The first-order valence-electron chi connectivity index (χ1n) is 9.88. The van der Waals surface area contributed by atoms with Gasteiger partial charge in [-0.1, -0.05) is 18.2 Å². The Bertz CT molecular complexity index is 1140. The van der Waals surface area contributed by atoms with Gasteiger partial charge in [0.1, 0.15) is 4.90 Å². The number of hydrogen-bond acceptors (Lipinski definition) is 6. The van der Waals surface area contributed by atoms with E-state index in [-0.39, 0.29) is 12.1 Å². The fraction of sp³-hybridized carbons (Fsp3) is 0.333. The zero-order valence-electron chi connectivity index (χ0n) is 16.0. The van der Waals surface area contributed by atoms with Gasteiger partial charge in [0.05, 0.1) is 22.9 Å². The van der Waals surface area contributed by atoms with E-state index in [2.05, 4.69) is 37.0 Å². The van der Waals surface area contributed by atoms with E-state index in [0.29, 0.717) is 10.6 Å². The SMILES string of the molecule is O=S1(=O)NC(C2CCN(Cc3ccc4nccnc4c3)CC2)Nc2ccccc21. The van der Waals surface area contributed by atoms with Crippen LogP contribution < -0.4 is 10.0 Å². The molecule has 3 aromatic rings. The summed E-state index contributed by atoms with van der Waals surface area (Å²) in [6.07, 6.45) is 5.05. The van der Waals surface area contributed by atoms with Gasteiger partial charge in [0, 0.05) is 18.9 Å². The molecule has 2 aromatic carbocycles. The van der Waals surface area contributed by atoms with Crippen molar-refractivity contribution in [1.29, 1.82) is 0 Å². The third-order valence-corrected chi connectivity index (χ3v) is 7.31. The number of aromatic nitrogens is 2. The second-order valence-electron chi connectivity index (χ2n) is 7.73. The molecule has 0 radical (unpaired) electrons. The standard InChI is InChI=1S/C21H23N5O2S/c27-29(28)20-4-2-1-3-18(20)24-21(25-29)16-7-11-26(12-8-16)14-15-5-6-17-19(13-15)23-10-9-22-17/h1-6,9-10,13,16,21,24-25H,7-8,11-12,14H2. The smallest absolute Gasteiger partial charge is 0.244 e. The lowest BCUT2D eigenvalue weighted by Crippen LogP contribution is -2.51. The number of benzene rings is 2. The minimum Gasteiger partial charge on any atom is -0.368 e. The van der Waals surface area contributed by atoms with Crippen LogP contribution in [0.1, 0.15) is 18.4 Å². The van der Waals surface area contributed by atoms with Crippen LogP contribution in [-0.2, 0) is 16.6 Å². The molecule has 5 rings (SSSR count). The van der Waals surface area contributed by atoms with E-state index in [0.717, 1.165) is 43.5 Å². The maximum absolute atomic E-state index is 12.6. The minimum absolute atomic E-state index is 0.256. The molecular formula is C21H23N5O2S. The summed E-state index contributed by atoms with van der Waals surface area (Å²) in [7, 11) is -3.46. The molecule has 0 spiro atoms. The van der Waals surface area contributed by atoms with Gasteiger partial charge in [-0.3, -0.25) is 14.9 Å². The summed E-state index contributed by atoms with van der Waals surface area (Å²) in [6, 6.07) is 13.3. The Hall–Kier alpha value is -2.55. The van der Waals surface area contributed by atoms with Gasteiger partial charge in [-0.15, -0.1) is 0 Å². The van der Waals surface area contributed by atoms with Crippen molar-refractivity contribution < 1.29 is 8.42 Å². The Morgan fingerprint density at radius 1 is 1.00 bits per heavy atom. The summed E-state index contributed by atoms with van der Waals surface area (Å²) in [5.74, 6) is 0.261. The zero-order chi connectivity index (χ0) is 19.8. The van der Waals surface area contributed by atoms with Crippen molar-refractivity contribution in [2.24, 2.45) is 5.92 Å². The molecule has 1 atom stereocenters. The minimum atomic E-state index is -3.46. The normalized spacial score (nSPS) is 22.1. The van der Waals surface area contributed by atoms with Crippen LogP contribution in [0.15, 0.2) is 59.8 Å². The summed E-state index contributed by atoms with van der Waals surface area (Å²) in [5.41, 5.74) is 3.74. The molecule has 7 nitrogen and oxygen atoms in total. The number of nitrogens with one attached hydrogen (secondary N) is 2. The largest absolute Gasteiger partial charge is 0.368 e. The quantitative estimate of drug-likeness (QED) is 0.691. The number of nitrogens with zero attached hydrogens (tertiary/aromatic N) is 3. The average molecular weight is 410 g/mol. The van der Waals surface area contributed by atoms with Crippen molar-refractivity contribution in [2.75, 3.05) is 18.4 Å². The maximum Gasteiger partial charge on any atom is 0.244 e. The number of fused-ring (bicyclic) bond motifs is 2. The highest BCUT2D eigenvalue weighted by atomic mass is 32.2. The Labute approximate surface area is 170 Å². The molecule has 1 fully saturated rings. The highest BCUT2D eigenvalue weighted by Gasteiger charge is 2.35. The summed E-state index contributed by atoms with van der Waals surface area (Å²) in [6.45, 7) is 2.74. The number of rotatable bonds is 3. The molecule has 2 aliphatic rings. The van der Waals surface area contributed by atoms with Gasteiger partial charge in [-0.25, -0.2) is 8.42 Å². The van der Waals surface area contributed by atoms with E-state index >= 15 is 0 Å². The summed E-state index contributed by atoms with van der Waals surface area (Å²) in [4.78, 5) is 11.4. The molecule has 150 valence electrons. The Morgan fingerprint density at radius 3 is 2.59 bits per heavy atom. The van der Waals surface area contributed by atoms with Crippen molar-refractivity contribution in [1.82, 2.24) is 19.6 Å². The number of anilines is 1. The van der Waals surface area contributed by atoms with Crippen molar-refractivity contribution in [3.8, 4) is 0 Å². The molecule has 1 unspecified atom stereocenters. The first-order chi connectivity index (χ1) is 14.1. The molecular weight excluding hydrogens is 386 g/mol. The lowest BCUT2D eigenvalue weighted by molar-refractivity contribution is 0.163. The van der Waals surface area contributed by atoms with Gasteiger partial charge in [-0.2, -0.15) is 4.72 Å². The van der Waals surface area contributed by atoms with Crippen molar-refractivity contribution in [2.45, 2.75) is 30.4 Å². The van der Waals surface area contributed by atoms with E-state index < -0.39 is 10.0 Å². The third-order valence-electron chi connectivity index (χ3n) is 5.81. The second kappa shape index (κ2) is 7.37. The van der Waals surface area contributed by atoms with Gasteiger partial charge in [0.15, 0.2) is 0 Å². The van der Waals surface area contributed by atoms with Crippen molar-refractivity contribution in [3.05, 3.63) is 60.4 Å². The van der Waals surface area contributed by atoms with E-state index in [4.69, 9.17) is 0 Å². The van der Waals surface area contributed by atoms with Crippen LogP contribution in [0.5, 0.6) is 0 Å². The predicted octanol–water partition coefficient (Wildman–Crippen LogP) is 2.57. The number of para-hydroxylation sites is 1. The second-order valence-corrected chi connectivity index (χ2v) is 9.41. The molecule has 0 aliphatic carbocycles. The predicted molar refractivity (Wildman–Crippen MR) is 112 cm³/mol. The fourth-order valence-corrected chi connectivity index (χ4v) is 5.66. The number of hydrogen-bond donors (Lipinski definition) is 2. The van der Waals surface area contributed by atoms with Crippen LogP contribution in [0, 0.1) is 5.92 Å². The number of piperidine rings is 1.